The molecule has 0 amide bonds. The molecule has 1 aliphatic heterocycles. The lowest BCUT2D eigenvalue weighted by atomic mass is 10.1. The van der Waals surface area contributed by atoms with Gasteiger partial charge in [0.2, 0.25) is 0 Å². The highest BCUT2D eigenvalue weighted by atomic mass is 15.5. The summed E-state index contributed by atoms with van der Waals surface area (Å²) in [6.07, 6.45) is 4.01. The van der Waals surface area contributed by atoms with E-state index in [-0.39, 0.29) is 0 Å². The monoisotopic (exact) mass is 203 g/mol. The second kappa shape index (κ2) is 3.58. The molecule has 0 bridgehead atoms. The quantitative estimate of drug-likeness (QED) is 0.743. The Hall–Kier alpha value is -1.49. The van der Waals surface area contributed by atoms with E-state index in [1.165, 1.54) is 0 Å². The van der Waals surface area contributed by atoms with E-state index in [1.54, 1.807) is 6.20 Å². The van der Waals surface area contributed by atoms with E-state index in [0.29, 0.717) is 6.04 Å². The van der Waals surface area contributed by atoms with Crippen molar-refractivity contribution in [2.24, 2.45) is 0 Å². The van der Waals surface area contributed by atoms with E-state index in [1.807, 2.05) is 16.8 Å². The number of aromatic nitrogens is 4. The van der Waals surface area contributed by atoms with Gasteiger partial charge in [-0.15, -0.1) is 5.10 Å². The van der Waals surface area contributed by atoms with Gasteiger partial charge in [-0.2, -0.15) is 0 Å². The minimum absolute atomic E-state index is 0.450. The Labute approximate surface area is 87.5 Å². The van der Waals surface area contributed by atoms with Crippen LogP contribution in [0.1, 0.15) is 18.9 Å². The lowest BCUT2D eigenvalue weighted by molar-refractivity contribution is 0.344. The molecule has 1 saturated heterocycles. The number of fused-ring (bicyclic) bond motifs is 1. The number of piperidine rings is 1. The number of hydrogen-bond donors (Lipinski definition) is 1. The van der Waals surface area contributed by atoms with Gasteiger partial charge < -0.3 is 5.32 Å². The molecule has 0 unspecified atom stereocenters. The van der Waals surface area contributed by atoms with Crippen molar-refractivity contribution in [3.63, 3.8) is 0 Å². The van der Waals surface area contributed by atoms with E-state index in [0.717, 1.165) is 37.1 Å². The molecule has 2 aromatic rings. The molecule has 0 saturated carbocycles. The molecule has 78 valence electrons. The summed E-state index contributed by atoms with van der Waals surface area (Å²) in [5.74, 6) is 0. The fourth-order valence-electron chi connectivity index (χ4n) is 2.08. The third-order valence-electron chi connectivity index (χ3n) is 2.89. The SMILES string of the molecule is c1cnc2c(c1)nnn2C1CCNCC1. The van der Waals surface area contributed by atoms with Gasteiger partial charge >= 0.3 is 0 Å². The summed E-state index contributed by atoms with van der Waals surface area (Å²) < 4.78 is 1.97. The van der Waals surface area contributed by atoms with Gasteiger partial charge in [0.1, 0.15) is 5.52 Å². The third kappa shape index (κ3) is 1.48. The highest BCUT2D eigenvalue weighted by molar-refractivity contribution is 5.68. The summed E-state index contributed by atoms with van der Waals surface area (Å²) in [7, 11) is 0. The first kappa shape index (κ1) is 8.79. The topological polar surface area (TPSA) is 55.6 Å². The molecule has 2 aromatic heterocycles. The predicted octanol–water partition coefficient (Wildman–Crippen LogP) is 0.751. The molecule has 1 fully saturated rings. The van der Waals surface area contributed by atoms with Gasteiger partial charge in [-0.1, -0.05) is 5.21 Å². The Balaban J connectivity index is 2.02. The zero-order chi connectivity index (χ0) is 10.1. The number of nitrogens with one attached hydrogen (secondary N) is 1. The van der Waals surface area contributed by atoms with Crippen molar-refractivity contribution in [3.05, 3.63) is 18.3 Å². The van der Waals surface area contributed by atoms with Crippen LogP contribution in [-0.2, 0) is 0 Å². The summed E-state index contributed by atoms with van der Waals surface area (Å²) in [4.78, 5) is 4.33. The molecule has 3 heterocycles. The maximum absolute atomic E-state index is 4.33. The maximum atomic E-state index is 4.33. The van der Waals surface area contributed by atoms with Crippen LogP contribution in [0, 0.1) is 0 Å². The smallest absolute Gasteiger partial charge is 0.178 e. The molecule has 1 N–H and O–H groups in total. The zero-order valence-corrected chi connectivity index (χ0v) is 8.43. The molecule has 5 nitrogen and oxygen atoms in total. The van der Waals surface area contributed by atoms with Gasteiger partial charge in [0, 0.05) is 6.20 Å². The molecule has 0 atom stereocenters. The van der Waals surface area contributed by atoms with Gasteiger partial charge in [-0.3, -0.25) is 0 Å². The van der Waals surface area contributed by atoms with Crippen molar-refractivity contribution in [2.75, 3.05) is 13.1 Å². The first-order valence-electron chi connectivity index (χ1n) is 5.32. The number of pyridine rings is 1. The van der Waals surface area contributed by atoms with Crippen molar-refractivity contribution < 1.29 is 0 Å². The molecular weight excluding hydrogens is 190 g/mol. The minimum Gasteiger partial charge on any atom is -0.317 e. The Kier molecular flexibility index (Phi) is 2.10. The molecule has 15 heavy (non-hydrogen) atoms. The molecule has 0 aromatic carbocycles. The standard InChI is InChI=1S/C10H13N5/c1-2-9-10(12-5-1)15(14-13-9)8-3-6-11-7-4-8/h1-2,5,8,11H,3-4,6-7H2. The van der Waals surface area contributed by atoms with Crippen LogP contribution in [0.2, 0.25) is 0 Å². The predicted molar refractivity (Wildman–Crippen MR) is 56.5 cm³/mol. The summed E-state index contributed by atoms with van der Waals surface area (Å²) in [6.45, 7) is 2.11. The minimum atomic E-state index is 0.450. The second-order valence-electron chi connectivity index (χ2n) is 3.86. The molecule has 5 heteroatoms. The number of nitrogens with zero attached hydrogens (tertiary/aromatic N) is 4. The number of hydrogen-bond acceptors (Lipinski definition) is 4. The van der Waals surface area contributed by atoms with E-state index in [2.05, 4.69) is 20.6 Å². The molecular formula is C10H13N5. The van der Waals surface area contributed by atoms with Crippen LogP contribution in [-0.4, -0.2) is 33.1 Å². The molecule has 0 spiro atoms. The van der Waals surface area contributed by atoms with Crippen LogP contribution in [0.3, 0.4) is 0 Å². The van der Waals surface area contributed by atoms with Gasteiger partial charge in [-0.25, -0.2) is 9.67 Å². The molecule has 1 aliphatic rings. The Bertz CT molecular complexity index is 458. The van der Waals surface area contributed by atoms with E-state index < -0.39 is 0 Å². The highest BCUT2D eigenvalue weighted by Gasteiger charge is 2.18. The van der Waals surface area contributed by atoms with Crippen LogP contribution < -0.4 is 5.32 Å². The van der Waals surface area contributed by atoms with Crippen LogP contribution in [0.5, 0.6) is 0 Å². The lowest BCUT2D eigenvalue weighted by Gasteiger charge is -2.22. The number of rotatable bonds is 1. The van der Waals surface area contributed by atoms with Crippen molar-refractivity contribution in [3.8, 4) is 0 Å². The van der Waals surface area contributed by atoms with E-state index in [4.69, 9.17) is 0 Å². The fraction of sp³-hybridized carbons (Fsp3) is 0.500. The normalized spacial score (nSPS) is 18.4. The Morgan fingerprint density at radius 3 is 3.07 bits per heavy atom. The van der Waals surface area contributed by atoms with E-state index in [9.17, 15) is 0 Å². The second-order valence-corrected chi connectivity index (χ2v) is 3.86. The largest absolute Gasteiger partial charge is 0.317 e. The van der Waals surface area contributed by atoms with Crippen LogP contribution in [0.4, 0.5) is 0 Å². The van der Waals surface area contributed by atoms with E-state index >= 15 is 0 Å². The first-order valence-corrected chi connectivity index (χ1v) is 5.32. The van der Waals surface area contributed by atoms with Crippen molar-refractivity contribution in [1.29, 1.82) is 0 Å². The van der Waals surface area contributed by atoms with Crippen LogP contribution >= 0.6 is 0 Å². The summed E-state index contributed by atoms with van der Waals surface area (Å²) in [6, 6.07) is 4.29. The third-order valence-corrected chi connectivity index (χ3v) is 2.89. The van der Waals surface area contributed by atoms with Crippen LogP contribution in [0.25, 0.3) is 11.2 Å². The van der Waals surface area contributed by atoms with Gasteiger partial charge in [0.05, 0.1) is 6.04 Å². The maximum Gasteiger partial charge on any atom is 0.178 e. The van der Waals surface area contributed by atoms with Crippen LogP contribution in [0.15, 0.2) is 18.3 Å². The van der Waals surface area contributed by atoms with Crippen molar-refractivity contribution in [2.45, 2.75) is 18.9 Å². The summed E-state index contributed by atoms with van der Waals surface area (Å²) >= 11 is 0. The first-order chi connectivity index (χ1) is 7.45. The average molecular weight is 203 g/mol. The molecule has 3 rings (SSSR count). The fourth-order valence-corrected chi connectivity index (χ4v) is 2.08. The van der Waals surface area contributed by atoms with Gasteiger partial charge in [0.15, 0.2) is 5.65 Å². The Morgan fingerprint density at radius 1 is 1.33 bits per heavy atom. The Morgan fingerprint density at radius 2 is 2.20 bits per heavy atom. The summed E-state index contributed by atoms with van der Waals surface area (Å²) in [5, 5.41) is 11.7. The zero-order valence-electron chi connectivity index (χ0n) is 8.43. The molecule has 0 aliphatic carbocycles. The average Bonchev–Trinajstić information content (AvgIpc) is 2.74. The van der Waals surface area contributed by atoms with Crippen molar-refractivity contribution in [1.82, 2.24) is 25.3 Å². The van der Waals surface area contributed by atoms with Gasteiger partial charge in [0.25, 0.3) is 0 Å². The van der Waals surface area contributed by atoms with Crippen molar-refractivity contribution >= 4 is 11.2 Å². The molecule has 0 radical (unpaired) electrons. The van der Waals surface area contributed by atoms with Gasteiger partial charge in [-0.05, 0) is 38.1 Å². The lowest BCUT2D eigenvalue weighted by Crippen LogP contribution is -2.30. The highest BCUT2D eigenvalue weighted by Crippen LogP contribution is 2.20. The summed E-state index contributed by atoms with van der Waals surface area (Å²) in [5.41, 5.74) is 1.79.